The zero-order valence-electron chi connectivity index (χ0n) is 13.6. The van der Waals surface area contributed by atoms with Crippen LogP contribution in [0.3, 0.4) is 0 Å². The fraction of sp³-hybridized carbons (Fsp3) is 0.556. The molecule has 5 heteroatoms. The van der Waals surface area contributed by atoms with Crippen molar-refractivity contribution in [2.45, 2.75) is 32.4 Å². The number of benzene rings is 1. The van der Waals surface area contributed by atoms with Gasteiger partial charge in [-0.25, -0.2) is 0 Å². The lowest BCUT2D eigenvalue weighted by Gasteiger charge is -2.22. The molecule has 0 aromatic heterocycles. The van der Waals surface area contributed by atoms with E-state index in [-0.39, 0.29) is 24.4 Å². The maximum absolute atomic E-state index is 11.9. The fourth-order valence-electron chi connectivity index (χ4n) is 3.97. The highest BCUT2D eigenvalue weighted by molar-refractivity contribution is 5.83. The summed E-state index contributed by atoms with van der Waals surface area (Å²) in [4.78, 5) is 25.3. The summed E-state index contributed by atoms with van der Waals surface area (Å²) < 4.78 is 0. The molecule has 1 aromatic carbocycles. The highest BCUT2D eigenvalue weighted by Gasteiger charge is 2.42. The highest BCUT2D eigenvalue weighted by Crippen LogP contribution is 2.38. The van der Waals surface area contributed by atoms with Gasteiger partial charge in [-0.15, -0.1) is 0 Å². The average Bonchev–Trinajstić information content (AvgIpc) is 3.08. The Morgan fingerprint density at radius 2 is 1.96 bits per heavy atom. The van der Waals surface area contributed by atoms with Gasteiger partial charge in [0.2, 0.25) is 11.8 Å². The summed E-state index contributed by atoms with van der Waals surface area (Å²) in [5.74, 6) is 0.983. The van der Waals surface area contributed by atoms with Crippen molar-refractivity contribution in [1.82, 2.24) is 15.5 Å². The van der Waals surface area contributed by atoms with Crippen LogP contribution in [0.4, 0.5) is 0 Å². The van der Waals surface area contributed by atoms with Crippen LogP contribution in [0.5, 0.6) is 0 Å². The maximum atomic E-state index is 11.9. The second kappa shape index (κ2) is 7.13. The molecule has 0 radical (unpaired) electrons. The summed E-state index contributed by atoms with van der Waals surface area (Å²) in [6.45, 7) is 4.66. The number of fused-ring (bicyclic) bond motifs is 1. The van der Waals surface area contributed by atoms with Crippen LogP contribution in [0.15, 0.2) is 30.3 Å². The van der Waals surface area contributed by atoms with Gasteiger partial charge in [0.1, 0.15) is 0 Å². The number of nitrogens with one attached hydrogen (secondary N) is 2. The topological polar surface area (TPSA) is 61.4 Å². The summed E-state index contributed by atoms with van der Waals surface area (Å²) in [5.41, 5.74) is 1.35. The zero-order chi connectivity index (χ0) is 16.2. The van der Waals surface area contributed by atoms with Crippen molar-refractivity contribution in [1.29, 1.82) is 0 Å². The van der Waals surface area contributed by atoms with E-state index in [0.717, 1.165) is 26.1 Å². The number of likely N-dealkylation sites (tertiary alicyclic amines) is 1. The van der Waals surface area contributed by atoms with Crippen molar-refractivity contribution in [3.63, 3.8) is 0 Å². The molecular weight excluding hydrogens is 290 g/mol. The molecule has 2 fully saturated rings. The molecule has 0 bridgehead atoms. The number of amides is 2. The predicted octanol–water partition coefficient (Wildman–Crippen LogP) is 1.15. The third kappa shape index (κ3) is 4.10. The van der Waals surface area contributed by atoms with Gasteiger partial charge in [-0.1, -0.05) is 30.3 Å². The molecule has 1 aliphatic heterocycles. The molecule has 1 aromatic rings. The predicted molar refractivity (Wildman–Crippen MR) is 88.5 cm³/mol. The second-order valence-corrected chi connectivity index (χ2v) is 6.76. The lowest BCUT2D eigenvalue weighted by atomic mass is 9.98. The summed E-state index contributed by atoms with van der Waals surface area (Å²) in [6.07, 6.45) is 2.24. The highest BCUT2D eigenvalue weighted by atomic mass is 16.2. The van der Waals surface area contributed by atoms with E-state index < -0.39 is 0 Å². The molecule has 124 valence electrons. The Labute approximate surface area is 137 Å². The molecule has 1 heterocycles. The van der Waals surface area contributed by atoms with Crippen molar-refractivity contribution in [2.75, 3.05) is 19.6 Å². The number of rotatable bonds is 5. The van der Waals surface area contributed by atoms with E-state index in [4.69, 9.17) is 0 Å². The van der Waals surface area contributed by atoms with Crippen molar-refractivity contribution in [3.05, 3.63) is 35.9 Å². The van der Waals surface area contributed by atoms with Crippen LogP contribution in [0.2, 0.25) is 0 Å². The Morgan fingerprint density at radius 1 is 1.17 bits per heavy atom. The van der Waals surface area contributed by atoms with Crippen LogP contribution in [-0.2, 0) is 16.1 Å². The lowest BCUT2D eigenvalue weighted by Crippen LogP contribution is -2.44. The summed E-state index contributed by atoms with van der Waals surface area (Å²) >= 11 is 0. The largest absolute Gasteiger partial charge is 0.351 e. The molecular formula is C18H25N3O2. The van der Waals surface area contributed by atoms with Crippen LogP contribution < -0.4 is 10.6 Å². The Morgan fingerprint density at radius 3 is 2.70 bits per heavy atom. The van der Waals surface area contributed by atoms with Crippen molar-refractivity contribution >= 4 is 11.8 Å². The molecule has 23 heavy (non-hydrogen) atoms. The maximum Gasteiger partial charge on any atom is 0.239 e. The van der Waals surface area contributed by atoms with Gasteiger partial charge >= 0.3 is 0 Å². The smallest absolute Gasteiger partial charge is 0.239 e. The molecule has 0 spiro atoms. The van der Waals surface area contributed by atoms with E-state index in [0.29, 0.717) is 11.8 Å². The third-order valence-electron chi connectivity index (χ3n) is 5.03. The van der Waals surface area contributed by atoms with Crippen molar-refractivity contribution in [3.8, 4) is 0 Å². The van der Waals surface area contributed by atoms with Gasteiger partial charge in [0.05, 0.1) is 6.54 Å². The molecule has 1 aliphatic carbocycles. The fourth-order valence-corrected chi connectivity index (χ4v) is 3.97. The van der Waals surface area contributed by atoms with E-state index in [1.807, 2.05) is 6.07 Å². The monoisotopic (exact) mass is 315 g/mol. The van der Waals surface area contributed by atoms with E-state index in [1.165, 1.54) is 18.9 Å². The number of carbonyl (C=O) groups excluding carboxylic acids is 2. The van der Waals surface area contributed by atoms with Crippen LogP contribution >= 0.6 is 0 Å². The van der Waals surface area contributed by atoms with Gasteiger partial charge in [-0.2, -0.15) is 0 Å². The first kappa shape index (κ1) is 16.0. The Bertz CT molecular complexity index is 561. The SMILES string of the molecule is CC(=O)NCC(=O)N[C@@H]1CC[C@@H]2CN(Cc3ccccc3)C[C@H]21. The van der Waals surface area contributed by atoms with E-state index in [2.05, 4.69) is 39.8 Å². The van der Waals surface area contributed by atoms with Crippen LogP contribution in [0.25, 0.3) is 0 Å². The Kier molecular flexibility index (Phi) is 4.96. The number of carbonyl (C=O) groups is 2. The molecule has 2 N–H and O–H groups in total. The van der Waals surface area contributed by atoms with Gasteiger partial charge in [-0.3, -0.25) is 14.5 Å². The number of nitrogens with zero attached hydrogens (tertiary/aromatic N) is 1. The van der Waals surface area contributed by atoms with Crippen molar-refractivity contribution in [2.24, 2.45) is 11.8 Å². The summed E-state index contributed by atoms with van der Waals surface area (Å²) in [6, 6.07) is 10.8. The van der Waals surface area contributed by atoms with Crippen LogP contribution in [0.1, 0.15) is 25.3 Å². The Hall–Kier alpha value is -1.88. The van der Waals surface area contributed by atoms with Crippen LogP contribution in [0, 0.1) is 11.8 Å². The van der Waals surface area contributed by atoms with Crippen molar-refractivity contribution < 1.29 is 9.59 Å². The normalized spacial score (nSPS) is 26.7. The van der Waals surface area contributed by atoms with E-state index in [1.54, 1.807) is 0 Å². The number of hydrogen-bond acceptors (Lipinski definition) is 3. The first-order valence-corrected chi connectivity index (χ1v) is 8.42. The minimum Gasteiger partial charge on any atom is -0.351 e. The first-order valence-electron chi connectivity index (χ1n) is 8.42. The molecule has 3 atom stereocenters. The molecule has 0 unspecified atom stereocenters. The Balaban J connectivity index is 1.50. The molecule has 1 saturated heterocycles. The van der Waals surface area contributed by atoms with Crippen LogP contribution in [-0.4, -0.2) is 42.4 Å². The van der Waals surface area contributed by atoms with Gasteiger partial charge in [0.25, 0.3) is 0 Å². The van der Waals surface area contributed by atoms with E-state index >= 15 is 0 Å². The first-order chi connectivity index (χ1) is 11.1. The summed E-state index contributed by atoms with van der Waals surface area (Å²) in [7, 11) is 0. The molecule has 1 saturated carbocycles. The minimum atomic E-state index is -0.167. The summed E-state index contributed by atoms with van der Waals surface area (Å²) in [5, 5.41) is 5.67. The average molecular weight is 315 g/mol. The van der Waals surface area contributed by atoms with Gasteiger partial charge in [0.15, 0.2) is 0 Å². The lowest BCUT2D eigenvalue weighted by molar-refractivity contribution is -0.125. The molecule has 2 amide bonds. The quantitative estimate of drug-likeness (QED) is 0.857. The third-order valence-corrected chi connectivity index (χ3v) is 5.03. The second-order valence-electron chi connectivity index (χ2n) is 6.76. The number of hydrogen-bond donors (Lipinski definition) is 2. The molecule has 5 nitrogen and oxygen atoms in total. The van der Waals surface area contributed by atoms with E-state index in [9.17, 15) is 9.59 Å². The van der Waals surface area contributed by atoms with Gasteiger partial charge in [0, 0.05) is 32.6 Å². The van der Waals surface area contributed by atoms with Gasteiger partial charge in [-0.05, 0) is 30.2 Å². The zero-order valence-corrected chi connectivity index (χ0v) is 13.6. The molecule has 3 rings (SSSR count). The molecule has 2 aliphatic rings. The standard InChI is InChI=1S/C18H25N3O2/c1-13(22)19-9-18(23)20-17-8-7-15-11-21(12-16(15)17)10-14-5-3-2-4-6-14/h2-6,15-17H,7-12H2,1H3,(H,19,22)(H,20,23)/t15-,16-,17-/m1/s1. The minimum absolute atomic E-state index is 0.0765. The van der Waals surface area contributed by atoms with Gasteiger partial charge < -0.3 is 10.6 Å².